The highest BCUT2D eigenvalue weighted by atomic mass is 16.4. The smallest absolute Gasteiger partial charge is 0.329 e. The maximum atomic E-state index is 11.4. The second-order valence-electron chi connectivity index (χ2n) is 4.86. The summed E-state index contributed by atoms with van der Waals surface area (Å²) in [5, 5.41) is 9.40. The Bertz CT molecular complexity index is 567. The van der Waals surface area contributed by atoms with E-state index in [0.717, 1.165) is 30.4 Å². The molecule has 1 heterocycles. The van der Waals surface area contributed by atoms with E-state index in [1.54, 1.807) is 0 Å². The fourth-order valence-corrected chi connectivity index (χ4v) is 2.56. The lowest BCUT2D eigenvalue weighted by Gasteiger charge is -2.39. The Morgan fingerprint density at radius 1 is 1.11 bits per heavy atom. The number of aliphatic carboxylic acids is 1. The number of nitrogens with zero attached hydrogens (tertiary/aromatic N) is 1. The third kappa shape index (κ3) is 1.55. The molecular weight excluding hydrogens is 226 g/mol. The third-order valence-corrected chi connectivity index (χ3v) is 3.87. The summed E-state index contributed by atoms with van der Waals surface area (Å²) in [6.07, 6.45) is 6.28. The summed E-state index contributed by atoms with van der Waals surface area (Å²) < 4.78 is 1.86. The van der Waals surface area contributed by atoms with Gasteiger partial charge in [0.2, 0.25) is 0 Å². The van der Waals surface area contributed by atoms with Crippen LogP contribution in [0.1, 0.15) is 19.3 Å². The first-order chi connectivity index (χ1) is 8.72. The van der Waals surface area contributed by atoms with Crippen LogP contribution in [-0.2, 0) is 10.3 Å². The van der Waals surface area contributed by atoms with Gasteiger partial charge in [0.05, 0.1) is 0 Å². The predicted octanol–water partition coefficient (Wildman–Crippen LogP) is 3.12. The van der Waals surface area contributed by atoms with E-state index in [1.165, 1.54) is 0 Å². The van der Waals surface area contributed by atoms with E-state index in [1.807, 2.05) is 53.4 Å². The van der Waals surface area contributed by atoms with Crippen LogP contribution in [0.4, 0.5) is 0 Å². The second-order valence-corrected chi connectivity index (χ2v) is 4.86. The fourth-order valence-electron chi connectivity index (χ4n) is 2.56. The minimum atomic E-state index is -0.719. The molecule has 18 heavy (non-hydrogen) atoms. The molecule has 1 N–H and O–H groups in total. The Morgan fingerprint density at radius 2 is 1.83 bits per heavy atom. The molecule has 0 saturated heterocycles. The van der Waals surface area contributed by atoms with Crippen molar-refractivity contribution in [1.82, 2.24) is 4.57 Å². The Balaban J connectivity index is 1.97. The molecule has 0 atom stereocenters. The second kappa shape index (κ2) is 4.02. The van der Waals surface area contributed by atoms with Gasteiger partial charge in [-0.1, -0.05) is 30.3 Å². The Kier molecular flexibility index (Phi) is 2.47. The quantitative estimate of drug-likeness (QED) is 0.897. The Morgan fingerprint density at radius 3 is 2.39 bits per heavy atom. The van der Waals surface area contributed by atoms with Crippen molar-refractivity contribution in [2.24, 2.45) is 0 Å². The summed E-state index contributed by atoms with van der Waals surface area (Å²) in [6.45, 7) is 0. The number of aromatic nitrogens is 1. The van der Waals surface area contributed by atoms with Crippen molar-refractivity contribution < 1.29 is 9.90 Å². The first-order valence-corrected chi connectivity index (χ1v) is 6.20. The van der Waals surface area contributed by atoms with Crippen LogP contribution in [0.25, 0.3) is 11.1 Å². The van der Waals surface area contributed by atoms with Crippen molar-refractivity contribution >= 4 is 5.97 Å². The van der Waals surface area contributed by atoms with Crippen molar-refractivity contribution in [2.75, 3.05) is 0 Å². The third-order valence-electron chi connectivity index (χ3n) is 3.87. The van der Waals surface area contributed by atoms with Crippen molar-refractivity contribution in [2.45, 2.75) is 24.8 Å². The summed E-state index contributed by atoms with van der Waals surface area (Å²) in [4.78, 5) is 11.4. The topological polar surface area (TPSA) is 42.2 Å². The molecule has 1 fully saturated rings. The van der Waals surface area contributed by atoms with Crippen molar-refractivity contribution in [1.29, 1.82) is 0 Å². The van der Waals surface area contributed by atoms with E-state index in [9.17, 15) is 9.90 Å². The molecule has 2 aromatic rings. The normalized spacial score (nSPS) is 17.1. The molecule has 0 unspecified atom stereocenters. The number of carboxylic acid groups (broad SMARTS) is 1. The molecule has 0 amide bonds. The molecule has 3 nitrogen and oxygen atoms in total. The summed E-state index contributed by atoms with van der Waals surface area (Å²) in [5.41, 5.74) is 1.49. The minimum absolute atomic E-state index is 0.701. The van der Waals surface area contributed by atoms with Crippen LogP contribution in [0, 0.1) is 0 Å². The highest BCUT2D eigenvalue weighted by Gasteiger charge is 2.45. The minimum Gasteiger partial charge on any atom is -0.479 e. The van der Waals surface area contributed by atoms with E-state index in [4.69, 9.17) is 0 Å². The molecule has 0 spiro atoms. The molecule has 3 heteroatoms. The zero-order valence-corrected chi connectivity index (χ0v) is 10.0. The first-order valence-electron chi connectivity index (χ1n) is 6.20. The van der Waals surface area contributed by atoms with Crippen molar-refractivity contribution in [3.8, 4) is 11.1 Å². The number of rotatable bonds is 3. The summed E-state index contributed by atoms with van der Waals surface area (Å²) in [7, 11) is 0. The molecule has 0 aliphatic heterocycles. The number of carboxylic acids is 1. The monoisotopic (exact) mass is 241 g/mol. The molecular formula is C15H15NO2. The molecule has 1 aromatic carbocycles. The fraction of sp³-hybridized carbons (Fsp3) is 0.267. The Labute approximate surface area is 106 Å². The average molecular weight is 241 g/mol. The van der Waals surface area contributed by atoms with Crippen molar-refractivity contribution in [3.63, 3.8) is 0 Å². The van der Waals surface area contributed by atoms with E-state index in [2.05, 4.69) is 0 Å². The van der Waals surface area contributed by atoms with Crippen LogP contribution in [0.15, 0.2) is 48.8 Å². The molecule has 1 aliphatic rings. The standard InChI is InChI=1S/C15H15NO2/c17-14(18)15(8-4-9-15)16-10-7-13(11-16)12-5-2-1-3-6-12/h1-3,5-7,10-11H,4,8-9H2,(H,17,18). The number of hydrogen-bond donors (Lipinski definition) is 1. The van der Waals surface area contributed by atoms with Crippen LogP contribution in [0.5, 0.6) is 0 Å². The predicted molar refractivity (Wildman–Crippen MR) is 69.3 cm³/mol. The lowest BCUT2D eigenvalue weighted by molar-refractivity contribution is -0.152. The largest absolute Gasteiger partial charge is 0.479 e. The van der Waals surface area contributed by atoms with Gasteiger partial charge in [-0.05, 0) is 36.5 Å². The summed E-state index contributed by atoms with van der Waals surface area (Å²) in [6, 6.07) is 12.0. The van der Waals surface area contributed by atoms with Gasteiger partial charge in [-0.15, -0.1) is 0 Å². The molecule has 0 radical (unpaired) electrons. The zero-order valence-electron chi connectivity index (χ0n) is 10.0. The van der Waals surface area contributed by atoms with E-state index >= 15 is 0 Å². The highest BCUT2D eigenvalue weighted by molar-refractivity contribution is 5.78. The molecule has 1 saturated carbocycles. The molecule has 0 bridgehead atoms. The summed E-state index contributed by atoms with van der Waals surface area (Å²) in [5.74, 6) is -0.719. The summed E-state index contributed by atoms with van der Waals surface area (Å²) >= 11 is 0. The van der Waals surface area contributed by atoms with Crippen LogP contribution in [0.3, 0.4) is 0 Å². The highest BCUT2D eigenvalue weighted by Crippen LogP contribution is 2.40. The zero-order chi connectivity index (χ0) is 12.6. The van der Waals surface area contributed by atoms with Gasteiger partial charge in [0, 0.05) is 12.4 Å². The van der Waals surface area contributed by atoms with E-state index < -0.39 is 11.5 Å². The maximum absolute atomic E-state index is 11.4. The number of carbonyl (C=O) groups is 1. The van der Waals surface area contributed by atoms with Crippen LogP contribution < -0.4 is 0 Å². The van der Waals surface area contributed by atoms with Gasteiger partial charge in [-0.25, -0.2) is 4.79 Å². The van der Waals surface area contributed by atoms with Crippen LogP contribution >= 0.6 is 0 Å². The molecule has 1 aromatic heterocycles. The van der Waals surface area contributed by atoms with Gasteiger partial charge < -0.3 is 9.67 Å². The van der Waals surface area contributed by atoms with Crippen molar-refractivity contribution in [3.05, 3.63) is 48.8 Å². The van der Waals surface area contributed by atoms with Gasteiger partial charge in [0.1, 0.15) is 5.54 Å². The van der Waals surface area contributed by atoms with Gasteiger partial charge in [-0.2, -0.15) is 0 Å². The van der Waals surface area contributed by atoms with Gasteiger partial charge in [-0.3, -0.25) is 0 Å². The Hall–Kier alpha value is -2.03. The first kappa shape index (κ1) is 11.1. The molecule has 1 aliphatic carbocycles. The van der Waals surface area contributed by atoms with Gasteiger partial charge in [0.25, 0.3) is 0 Å². The van der Waals surface area contributed by atoms with E-state index in [-0.39, 0.29) is 0 Å². The maximum Gasteiger partial charge on any atom is 0.329 e. The lowest BCUT2D eigenvalue weighted by atomic mass is 9.76. The molecule has 92 valence electrons. The van der Waals surface area contributed by atoms with Crippen LogP contribution in [0.2, 0.25) is 0 Å². The van der Waals surface area contributed by atoms with Crippen LogP contribution in [-0.4, -0.2) is 15.6 Å². The van der Waals surface area contributed by atoms with E-state index in [0.29, 0.717) is 0 Å². The molecule has 3 rings (SSSR count). The van der Waals surface area contributed by atoms with Gasteiger partial charge >= 0.3 is 5.97 Å². The number of benzene rings is 1. The SMILES string of the molecule is O=C(O)C1(n2ccc(-c3ccccc3)c2)CCC1. The average Bonchev–Trinajstić information content (AvgIpc) is 2.78. The lowest BCUT2D eigenvalue weighted by Crippen LogP contribution is -2.47. The number of hydrogen-bond acceptors (Lipinski definition) is 1. The van der Waals surface area contributed by atoms with Gasteiger partial charge in [0.15, 0.2) is 0 Å².